The van der Waals surface area contributed by atoms with Crippen LogP contribution in [0.1, 0.15) is 40.6 Å². The molecule has 1 aliphatic rings. The average Bonchev–Trinajstić information content (AvgIpc) is 2.88. The second-order valence-electron chi connectivity index (χ2n) is 8.23. The lowest BCUT2D eigenvalue weighted by molar-refractivity contribution is 0.0882. The first-order valence-corrected chi connectivity index (χ1v) is 11.4. The summed E-state index contributed by atoms with van der Waals surface area (Å²) in [5.41, 5.74) is 2.38. The number of carbonyl (C=O) groups excluding carboxylic acids is 1. The van der Waals surface area contributed by atoms with Crippen LogP contribution in [-0.2, 0) is 0 Å². The summed E-state index contributed by atoms with van der Waals surface area (Å²) in [6.07, 6.45) is 9.84. The number of benzene rings is 1. The van der Waals surface area contributed by atoms with Crippen LogP contribution in [0.2, 0.25) is 0 Å². The van der Waals surface area contributed by atoms with Crippen molar-refractivity contribution in [3.8, 4) is 5.75 Å². The minimum Gasteiger partial charge on any atom is -0.496 e. The fraction of sp³-hybridized carbons (Fsp3) is 0.296. The van der Waals surface area contributed by atoms with E-state index in [0.717, 1.165) is 49.5 Å². The van der Waals surface area contributed by atoms with Crippen LogP contribution in [0.15, 0.2) is 79.1 Å². The molecular formula is C27H30N4O2. The van der Waals surface area contributed by atoms with E-state index in [2.05, 4.69) is 38.4 Å². The van der Waals surface area contributed by atoms with Gasteiger partial charge in [-0.2, -0.15) is 0 Å². The Balaban J connectivity index is 1.45. The minimum atomic E-state index is -0.167. The Labute approximate surface area is 195 Å². The number of aromatic nitrogens is 2. The van der Waals surface area contributed by atoms with Gasteiger partial charge >= 0.3 is 0 Å². The first-order valence-electron chi connectivity index (χ1n) is 11.4. The smallest absolute Gasteiger partial charge is 0.270 e. The number of pyridine rings is 2. The van der Waals surface area contributed by atoms with Crippen molar-refractivity contribution in [1.82, 2.24) is 20.2 Å². The number of nitrogens with one attached hydrogen (secondary N) is 1. The molecule has 1 fully saturated rings. The molecule has 33 heavy (non-hydrogen) atoms. The highest BCUT2D eigenvalue weighted by atomic mass is 16.5. The second kappa shape index (κ2) is 11.4. The molecule has 6 nitrogen and oxygen atoms in total. The number of methoxy groups -OCH3 is 1. The summed E-state index contributed by atoms with van der Waals surface area (Å²) in [6, 6.07) is 19.1. The minimum absolute atomic E-state index is 0.165. The Hall–Kier alpha value is -3.51. The number of ether oxygens (including phenoxy) is 1. The van der Waals surface area contributed by atoms with Crippen LogP contribution in [0.5, 0.6) is 5.75 Å². The molecule has 0 spiro atoms. The van der Waals surface area contributed by atoms with Gasteiger partial charge in [-0.15, -0.1) is 0 Å². The van der Waals surface area contributed by atoms with Crippen LogP contribution in [0.4, 0.5) is 0 Å². The van der Waals surface area contributed by atoms with E-state index < -0.39 is 0 Å². The zero-order valence-corrected chi connectivity index (χ0v) is 18.9. The van der Waals surface area contributed by atoms with E-state index in [1.165, 1.54) is 0 Å². The Morgan fingerprint density at radius 1 is 1.12 bits per heavy atom. The number of likely N-dealkylation sites (tertiary alicyclic amines) is 1. The highest BCUT2D eigenvalue weighted by Crippen LogP contribution is 2.29. The molecule has 1 aliphatic heterocycles. The molecule has 0 bridgehead atoms. The quantitative estimate of drug-likeness (QED) is 0.561. The Bertz CT molecular complexity index is 1060. The van der Waals surface area contributed by atoms with Crippen LogP contribution in [0.25, 0.3) is 6.08 Å². The number of nitrogens with zero attached hydrogens (tertiary/aromatic N) is 3. The zero-order chi connectivity index (χ0) is 22.9. The van der Waals surface area contributed by atoms with Crippen molar-refractivity contribution >= 4 is 12.0 Å². The summed E-state index contributed by atoms with van der Waals surface area (Å²) >= 11 is 0. The van der Waals surface area contributed by atoms with E-state index >= 15 is 0 Å². The van der Waals surface area contributed by atoms with Gasteiger partial charge in [-0.05, 0) is 55.6 Å². The molecule has 3 aromatic rings. The summed E-state index contributed by atoms with van der Waals surface area (Å²) < 4.78 is 5.44. The van der Waals surface area contributed by atoms with Gasteiger partial charge in [-0.25, -0.2) is 0 Å². The molecule has 2 aromatic heterocycles. The van der Waals surface area contributed by atoms with Crippen molar-refractivity contribution < 1.29 is 9.53 Å². The fourth-order valence-corrected chi connectivity index (χ4v) is 4.37. The van der Waals surface area contributed by atoms with Crippen molar-refractivity contribution in [3.05, 3.63) is 96.1 Å². The summed E-state index contributed by atoms with van der Waals surface area (Å²) in [4.78, 5) is 24.1. The standard InChI is InChI=1S/C27H30N4O2/c1-33-25-15-3-2-10-21(25)11-8-18-31-19-9-12-22(20-31)26(23-13-4-6-16-28-23)30-27(32)24-14-5-7-17-29-24/h2-8,10-11,13-17,22,26H,9,12,18-20H2,1H3,(H,30,32)/b11-8+. The molecule has 4 rings (SSSR count). The third kappa shape index (κ3) is 6.05. The first kappa shape index (κ1) is 22.7. The molecule has 0 saturated carbocycles. The van der Waals surface area contributed by atoms with Crippen molar-refractivity contribution in [1.29, 1.82) is 0 Å². The number of rotatable bonds is 8. The Morgan fingerprint density at radius 3 is 2.67 bits per heavy atom. The molecular weight excluding hydrogens is 412 g/mol. The van der Waals surface area contributed by atoms with Crippen molar-refractivity contribution in [2.45, 2.75) is 18.9 Å². The zero-order valence-electron chi connectivity index (χ0n) is 18.9. The Morgan fingerprint density at radius 2 is 1.91 bits per heavy atom. The van der Waals surface area contributed by atoms with Gasteiger partial charge in [-0.1, -0.05) is 42.5 Å². The molecule has 3 heterocycles. The SMILES string of the molecule is COc1ccccc1/C=C/CN1CCCC(C(NC(=O)c2ccccn2)c2ccccn2)C1. The van der Waals surface area contributed by atoms with Crippen LogP contribution < -0.4 is 10.1 Å². The number of hydrogen-bond donors (Lipinski definition) is 1. The molecule has 0 aliphatic carbocycles. The van der Waals surface area contributed by atoms with Crippen molar-refractivity contribution in [3.63, 3.8) is 0 Å². The highest BCUT2D eigenvalue weighted by molar-refractivity contribution is 5.92. The van der Waals surface area contributed by atoms with Crippen molar-refractivity contribution in [2.24, 2.45) is 5.92 Å². The topological polar surface area (TPSA) is 67.3 Å². The monoisotopic (exact) mass is 442 g/mol. The maximum Gasteiger partial charge on any atom is 0.270 e. The van der Waals surface area contributed by atoms with Gasteiger partial charge in [0.05, 0.1) is 18.8 Å². The lowest BCUT2D eigenvalue weighted by Gasteiger charge is -2.36. The number of hydrogen-bond acceptors (Lipinski definition) is 5. The fourth-order valence-electron chi connectivity index (χ4n) is 4.37. The van der Waals surface area contributed by atoms with Crippen LogP contribution in [0.3, 0.4) is 0 Å². The summed E-state index contributed by atoms with van der Waals surface area (Å²) in [6.45, 7) is 2.77. The summed E-state index contributed by atoms with van der Waals surface area (Å²) in [7, 11) is 1.69. The van der Waals surface area contributed by atoms with E-state index in [9.17, 15) is 4.79 Å². The van der Waals surface area contributed by atoms with E-state index in [1.54, 1.807) is 25.6 Å². The van der Waals surface area contributed by atoms with Crippen LogP contribution in [0, 0.1) is 5.92 Å². The number of amides is 1. The maximum absolute atomic E-state index is 12.9. The van der Waals surface area contributed by atoms with Gasteiger partial charge < -0.3 is 10.1 Å². The normalized spacial score (nSPS) is 17.5. The first-order chi connectivity index (χ1) is 16.2. The van der Waals surface area contributed by atoms with Crippen molar-refractivity contribution in [2.75, 3.05) is 26.7 Å². The number of piperidine rings is 1. The largest absolute Gasteiger partial charge is 0.496 e. The van der Waals surface area contributed by atoms with E-state index in [4.69, 9.17) is 4.74 Å². The van der Waals surface area contributed by atoms with Gasteiger partial charge in [0.2, 0.25) is 0 Å². The third-order valence-electron chi connectivity index (χ3n) is 6.00. The molecule has 1 saturated heterocycles. The average molecular weight is 443 g/mol. The number of carbonyl (C=O) groups is 1. The van der Waals surface area contributed by atoms with E-state index in [0.29, 0.717) is 5.69 Å². The summed E-state index contributed by atoms with van der Waals surface area (Å²) in [5.74, 6) is 0.970. The lowest BCUT2D eigenvalue weighted by atomic mass is 9.88. The molecule has 0 radical (unpaired) electrons. The maximum atomic E-state index is 12.9. The Kier molecular flexibility index (Phi) is 7.82. The van der Waals surface area contributed by atoms with E-state index in [-0.39, 0.29) is 17.9 Å². The molecule has 6 heteroatoms. The molecule has 170 valence electrons. The number of para-hydroxylation sites is 1. The van der Waals surface area contributed by atoms with Crippen LogP contribution >= 0.6 is 0 Å². The lowest BCUT2D eigenvalue weighted by Crippen LogP contribution is -2.43. The molecule has 1 amide bonds. The van der Waals surface area contributed by atoms with Gasteiger partial charge in [0.15, 0.2) is 0 Å². The van der Waals surface area contributed by atoms with Gasteiger partial charge in [0.1, 0.15) is 11.4 Å². The molecule has 2 unspecified atom stereocenters. The molecule has 1 aromatic carbocycles. The van der Waals surface area contributed by atoms with E-state index in [1.807, 2.05) is 48.5 Å². The third-order valence-corrected chi connectivity index (χ3v) is 6.00. The van der Waals surface area contributed by atoms with Gasteiger partial charge in [0.25, 0.3) is 5.91 Å². The van der Waals surface area contributed by atoms with Gasteiger partial charge in [0, 0.05) is 31.0 Å². The van der Waals surface area contributed by atoms with Gasteiger partial charge in [-0.3, -0.25) is 19.7 Å². The molecule has 1 N–H and O–H groups in total. The summed E-state index contributed by atoms with van der Waals surface area (Å²) in [5, 5.41) is 3.21. The molecule has 2 atom stereocenters. The highest BCUT2D eigenvalue weighted by Gasteiger charge is 2.30. The predicted molar refractivity (Wildman–Crippen MR) is 130 cm³/mol. The second-order valence-corrected chi connectivity index (χ2v) is 8.23. The predicted octanol–water partition coefficient (Wildman–Crippen LogP) is 4.38. The van der Waals surface area contributed by atoms with Crippen LogP contribution in [-0.4, -0.2) is 47.5 Å².